The Kier molecular flexibility index (Phi) is 5.14. The van der Waals surface area contributed by atoms with E-state index in [2.05, 4.69) is 15.4 Å². The number of rotatable bonds is 6. The van der Waals surface area contributed by atoms with Crippen molar-refractivity contribution >= 4 is 17.5 Å². The molecule has 0 bridgehead atoms. The Morgan fingerprint density at radius 3 is 2.43 bits per heavy atom. The van der Waals surface area contributed by atoms with E-state index in [0.717, 1.165) is 29.8 Å². The first-order chi connectivity index (χ1) is 13.7. The molecule has 7 nitrogen and oxygen atoms in total. The Morgan fingerprint density at radius 2 is 1.79 bits per heavy atom. The van der Waals surface area contributed by atoms with E-state index >= 15 is 0 Å². The van der Waals surface area contributed by atoms with Crippen molar-refractivity contribution in [2.24, 2.45) is 0 Å². The lowest BCUT2D eigenvalue weighted by Gasteiger charge is -2.15. The highest BCUT2D eigenvalue weighted by atomic mass is 16.2. The molecule has 1 aliphatic rings. The van der Waals surface area contributed by atoms with E-state index in [1.165, 1.54) is 6.33 Å². The minimum atomic E-state index is -0.133. The largest absolute Gasteiger partial charge is 0.348 e. The summed E-state index contributed by atoms with van der Waals surface area (Å²) in [7, 11) is 0. The van der Waals surface area contributed by atoms with Crippen molar-refractivity contribution in [3.63, 3.8) is 0 Å². The van der Waals surface area contributed by atoms with Crippen LogP contribution < -0.4 is 10.2 Å². The number of anilines is 1. The molecule has 1 saturated heterocycles. The molecule has 0 spiro atoms. The molecule has 0 unspecified atom stereocenters. The first-order valence-electron chi connectivity index (χ1n) is 9.28. The second-order valence-electron chi connectivity index (χ2n) is 6.79. The Morgan fingerprint density at radius 1 is 1.04 bits per heavy atom. The maximum absolute atomic E-state index is 12.4. The molecule has 2 heterocycles. The first kappa shape index (κ1) is 17.9. The minimum Gasteiger partial charge on any atom is -0.348 e. The maximum atomic E-state index is 12.4. The molecule has 2 aromatic carbocycles. The summed E-state index contributed by atoms with van der Waals surface area (Å²) >= 11 is 0. The predicted molar refractivity (Wildman–Crippen MR) is 105 cm³/mol. The van der Waals surface area contributed by atoms with Crippen LogP contribution in [0.2, 0.25) is 0 Å². The van der Waals surface area contributed by atoms with Crippen molar-refractivity contribution in [2.45, 2.75) is 25.9 Å². The van der Waals surface area contributed by atoms with Gasteiger partial charge in [0, 0.05) is 30.8 Å². The number of carbonyl (C=O) groups is 2. The van der Waals surface area contributed by atoms with Gasteiger partial charge in [0.15, 0.2) is 0 Å². The predicted octanol–water partition coefficient (Wildman–Crippen LogP) is 2.38. The van der Waals surface area contributed by atoms with Crippen molar-refractivity contribution < 1.29 is 9.59 Å². The third-order valence-electron chi connectivity index (χ3n) is 4.80. The topological polar surface area (TPSA) is 80.1 Å². The number of benzene rings is 2. The number of hydrogen-bond donors (Lipinski definition) is 1. The van der Waals surface area contributed by atoms with Crippen LogP contribution in [0, 0.1) is 0 Å². The molecular weight excluding hydrogens is 354 g/mol. The molecule has 0 aliphatic carbocycles. The van der Waals surface area contributed by atoms with Crippen molar-refractivity contribution in [1.82, 2.24) is 20.1 Å². The summed E-state index contributed by atoms with van der Waals surface area (Å²) in [6.07, 6.45) is 4.68. The summed E-state index contributed by atoms with van der Waals surface area (Å²) in [5.41, 5.74) is 3.57. The lowest BCUT2D eigenvalue weighted by atomic mass is 10.1. The van der Waals surface area contributed by atoms with Crippen LogP contribution in [0.3, 0.4) is 0 Å². The van der Waals surface area contributed by atoms with E-state index in [9.17, 15) is 9.59 Å². The van der Waals surface area contributed by atoms with E-state index in [1.54, 1.807) is 28.0 Å². The molecule has 4 rings (SSSR count). The molecule has 1 fully saturated rings. The van der Waals surface area contributed by atoms with Crippen LogP contribution in [-0.2, 0) is 17.9 Å². The van der Waals surface area contributed by atoms with Gasteiger partial charge in [-0.05, 0) is 41.8 Å². The van der Waals surface area contributed by atoms with Crippen LogP contribution in [0.5, 0.6) is 0 Å². The van der Waals surface area contributed by atoms with Gasteiger partial charge in [0.1, 0.15) is 12.7 Å². The zero-order valence-corrected chi connectivity index (χ0v) is 15.4. The first-order valence-corrected chi connectivity index (χ1v) is 9.28. The van der Waals surface area contributed by atoms with Gasteiger partial charge in [-0.1, -0.05) is 24.3 Å². The summed E-state index contributed by atoms with van der Waals surface area (Å²) in [6, 6.07) is 15.2. The van der Waals surface area contributed by atoms with Crippen LogP contribution in [0.1, 0.15) is 34.3 Å². The van der Waals surface area contributed by atoms with Crippen LogP contribution >= 0.6 is 0 Å². The molecule has 1 N–H and O–H groups in total. The van der Waals surface area contributed by atoms with E-state index < -0.39 is 0 Å². The number of hydrogen-bond acceptors (Lipinski definition) is 4. The highest BCUT2D eigenvalue weighted by Crippen LogP contribution is 2.21. The fourth-order valence-electron chi connectivity index (χ4n) is 3.26. The van der Waals surface area contributed by atoms with Gasteiger partial charge in [0.2, 0.25) is 5.91 Å². The van der Waals surface area contributed by atoms with Crippen molar-refractivity contribution in [1.29, 1.82) is 0 Å². The molecule has 2 amide bonds. The molecule has 3 aromatic rings. The third-order valence-corrected chi connectivity index (χ3v) is 4.80. The number of carbonyl (C=O) groups excluding carboxylic acids is 2. The van der Waals surface area contributed by atoms with Gasteiger partial charge in [-0.3, -0.25) is 9.59 Å². The zero-order chi connectivity index (χ0) is 19.3. The number of aromatic nitrogens is 3. The molecule has 1 aliphatic heterocycles. The standard InChI is InChI=1S/C21H21N5O2/c27-20-2-1-11-26(20)19-9-7-18(8-10-19)21(28)23-12-16-3-5-17(6-4-16)13-25-15-22-14-24-25/h3-10,14-15H,1-2,11-13H2,(H,23,28). The summed E-state index contributed by atoms with van der Waals surface area (Å²) in [5.74, 6) is 0.00968. The maximum Gasteiger partial charge on any atom is 0.251 e. The van der Waals surface area contributed by atoms with Crippen molar-refractivity contribution in [2.75, 3.05) is 11.4 Å². The van der Waals surface area contributed by atoms with Crippen LogP contribution in [0.4, 0.5) is 5.69 Å². The Labute approximate surface area is 163 Å². The van der Waals surface area contributed by atoms with Crippen molar-refractivity contribution in [3.05, 3.63) is 77.9 Å². The summed E-state index contributed by atoms with van der Waals surface area (Å²) in [4.78, 5) is 29.9. The SMILES string of the molecule is O=C(NCc1ccc(Cn2cncn2)cc1)c1ccc(N2CCCC2=O)cc1. The molecule has 0 saturated carbocycles. The summed E-state index contributed by atoms with van der Waals surface area (Å²) in [6.45, 7) is 1.87. The average molecular weight is 375 g/mol. The van der Waals surface area contributed by atoms with Gasteiger partial charge in [0.05, 0.1) is 6.54 Å². The van der Waals surface area contributed by atoms with Gasteiger partial charge >= 0.3 is 0 Å². The minimum absolute atomic E-state index is 0.133. The second kappa shape index (κ2) is 8.04. The third kappa shape index (κ3) is 4.09. The molecule has 1 aromatic heterocycles. The highest BCUT2D eigenvalue weighted by molar-refractivity contribution is 5.97. The van der Waals surface area contributed by atoms with Gasteiger partial charge in [-0.15, -0.1) is 0 Å². The van der Waals surface area contributed by atoms with Crippen LogP contribution in [-0.4, -0.2) is 33.1 Å². The lowest BCUT2D eigenvalue weighted by Crippen LogP contribution is -2.25. The fraction of sp³-hybridized carbons (Fsp3) is 0.238. The van der Waals surface area contributed by atoms with Crippen molar-refractivity contribution in [3.8, 4) is 0 Å². The Bertz CT molecular complexity index is 949. The second-order valence-corrected chi connectivity index (χ2v) is 6.79. The monoisotopic (exact) mass is 375 g/mol. The molecule has 0 radical (unpaired) electrons. The fourth-order valence-corrected chi connectivity index (χ4v) is 3.26. The molecule has 142 valence electrons. The average Bonchev–Trinajstić information content (AvgIpc) is 3.39. The summed E-state index contributed by atoms with van der Waals surface area (Å²) in [5, 5.41) is 7.02. The van der Waals surface area contributed by atoms with E-state index in [4.69, 9.17) is 0 Å². The van der Waals surface area contributed by atoms with Crippen LogP contribution in [0.15, 0.2) is 61.2 Å². The number of amides is 2. The highest BCUT2D eigenvalue weighted by Gasteiger charge is 2.21. The lowest BCUT2D eigenvalue weighted by molar-refractivity contribution is -0.117. The van der Waals surface area contributed by atoms with Gasteiger partial charge in [0.25, 0.3) is 5.91 Å². The number of nitrogens with one attached hydrogen (secondary N) is 1. The van der Waals surface area contributed by atoms with Crippen LogP contribution in [0.25, 0.3) is 0 Å². The number of nitrogens with zero attached hydrogens (tertiary/aromatic N) is 4. The molecule has 7 heteroatoms. The zero-order valence-electron chi connectivity index (χ0n) is 15.4. The van der Waals surface area contributed by atoms with E-state index in [-0.39, 0.29) is 11.8 Å². The van der Waals surface area contributed by atoms with Gasteiger partial charge in [-0.2, -0.15) is 5.10 Å². The Hall–Kier alpha value is -3.48. The van der Waals surface area contributed by atoms with E-state index in [1.807, 2.05) is 36.4 Å². The molecule has 28 heavy (non-hydrogen) atoms. The smallest absolute Gasteiger partial charge is 0.251 e. The normalized spacial score (nSPS) is 13.7. The quantitative estimate of drug-likeness (QED) is 0.717. The van der Waals surface area contributed by atoms with Gasteiger partial charge in [-0.25, -0.2) is 9.67 Å². The molecular formula is C21H21N5O2. The van der Waals surface area contributed by atoms with Gasteiger partial charge < -0.3 is 10.2 Å². The summed E-state index contributed by atoms with van der Waals surface area (Å²) < 4.78 is 1.76. The Balaban J connectivity index is 1.32. The molecule has 0 atom stereocenters. The van der Waals surface area contributed by atoms with E-state index in [0.29, 0.717) is 25.1 Å².